The summed E-state index contributed by atoms with van der Waals surface area (Å²) in [6.07, 6.45) is 2.32. The molecule has 0 saturated heterocycles. The second kappa shape index (κ2) is 7.09. The average Bonchev–Trinajstić information content (AvgIpc) is 2.86. The Hall–Kier alpha value is -0.830. The van der Waals surface area contributed by atoms with E-state index in [0.717, 1.165) is 10.8 Å². The Labute approximate surface area is 124 Å². The van der Waals surface area contributed by atoms with Gasteiger partial charge in [-0.1, -0.05) is 55.3 Å². The van der Waals surface area contributed by atoms with Crippen LogP contribution in [-0.2, 0) is 0 Å². The fourth-order valence-electron chi connectivity index (χ4n) is 2.27. The first-order valence-corrected chi connectivity index (χ1v) is 8.01. The number of rotatable bonds is 6. The predicted octanol–water partition coefficient (Wildman–Crippen LogP) is 5.59. The third-order valence-electron chi connectivity index (χ3n) is 3.32. The summed E-state index contributed by atoms with van der Waals surface area (Å²) in [5.41, 5.74) is 2.63. The molecule has 0 saturated carbocycles. The Morgan fingerprint density at radius 1 is 1.21 bits per heavy atom. The molecular formula is C16H20ClNS. The molecule has 3 heteroatoms. The topological polar surface area (TPSA) is 12.0 Å². The fraction of sp³-hybridized carbons (Fsp3) is 0.375. The first-order valence-electron chi connectivity index (χ1n) is 6.75. The second-order valence-electron chi connectivity index (χ2n) is 4.82. The van der Waals surface area contributed by atoms with Crippen LogP contribution in [-0.4, -0.2) is 0 Å². The molecule has 1 heterocycles. The van der Waals surface area contributed by atoms with Crippen molar-refractivity contribution in [2.75, 3.05) is 0 Å². The van der Waals surface area contributed by atoms with Crippen LogP contribution in [0.3, 0.4) is 0 Å². The van der Waals surface area contributed by atoms with Gasteiger partial charge in [0.2, 0.25) is 0 Å². The summed E-state index contributed by atoms with van der Waals surface area (Å²) in [5.74, 6) is 0. The van der Waals surface area contributed by atoms with Crippen molar-refractivity contribution >= 4 is 22.9 Å². The summed E-state index contributed by atoms with van der Waals surface area (Å²) in [6, 6.07) is 13.4. The molecule has 2 rings (SSSR count). The molecule has 2 unspecified atom stereocenters. The van der Waals surface area contributed by atoms with Gasteiger partial charge in [-0.2, -0.15) is 0 Å². The number of nitrogens with one attached hydrogen (secondary N) is 1. The van der Waals surface area contributed by atoms with Gasteiger partial charge in [-0.05, 0) is 35.9 Å². The van der Waals surface area contributed by atoms with Crippen molar-refractivity contribution in [3.8, 4) is 0 Å². The quantitative estimate of drug-likeness (QED) is 0.731. The lowest BCUT2D eigenvalue weighted by molar-refractivity contribution is 0.440. The summed E-state index contributed by atoms with van der Waals surface area (Å²) in [5, 5.41) is 5.84. The summed E-state index contributed by atoms with van der Waals surface area (Å²) in [7, 11) is 0. The van der Waals surface area contributed by atoms with Crippen molar-refractivity contribution in [3.63, 3.8) is 0 Å². The van der Waals surface area contributed by atoms with Gasteiger partial charge in [0, 0.05) is 12.1 Å². The molecule has 19 heavy (non-hydrogen) atoms. The summed E-state index contributed by atoms with van der Waals surface area (Å²) in [6.45, 7) is 4.42. The van der Waals surface area contributed by atoms with Gasteiger partial charge in [-0.25, -0.2) is 0 Å². The molecule has 2 atom stereocenters. The van der Waals surface area contributed by atoms with Crippen molar-refractivity contribution in [1.82, 2.24) is 5.32 Å². The third-order valence-corrected chi connectivity index (χ3v) is 4.43. The first-order chi connectivity index (χ1) is 9.20. The molecule has 0 aliphatic rings. The van der Waals surface area contributed by atoms with E-state index < -0.39 is 0 Å². The Kier molecular flexibility index (Phi) is 5.44. The summed E-state index contributed by atoms with van der Waals surface area (Å²) < 4.78 is 0.857. The molecule has 0 aliphatic carbocycles. The van der Waals surface area contributed by atoms with Gasteiger partial charge in [0.25, 0.3) is 0 Å². The molecule has 0 spiro atoms. The normalized spacial score (nSPS) is 14.3. The third kappa shape index (κ3) is 4.07. The highest BCUT2D eigenvalue weighted by Crippen LogP contribution is 2.28. The molecule has 1 nitrogen and oxygen atoms in total. The van der Waals surface area contributed by atoms with Gasteiger partial charge in [-0.3, -0.25) is 0 Å². The van der Waals surface area contributed by atoms with Gasteiger partial charge in [0.15, 0.2) is 0 Å². The Morgan fingerprint density at radius 3 is 2.53 bits per heavy atom. The molecule has 1 aromatic heterocycles. The Morgan fingerprint density at radius 2 is 1.95 bits per heavy atom. The van der Waals surface area contributed by atoms with Crippen molar-refractivity contribution in [3.05, 3.63) is 57.2 Å². The minimum atomic E-state index is 0.320. The molecule has 102 valence electrons. The van der Waals surface area contributed by atoms with E-state index in [1.54, 1.807) is 11.3 Å². The molecule has 0 aliphatic heterocycles. The zero-order valence-corrected chi connectivity index (χ0v) is 13.0. The highest BCUT2D eigenvalue weighted by atomic mass is 35.5. The molecule has 0 fully saturated rings. The van der Waals surface area contributed by atoms with Gasteiger partial charge in [0.1, 0.15) is 0 Å². The molecule has 0 amide bonds. The van der Waals surface area contributed by atoms with E-state index in [9.17, 15) is 0 Å². The van der Waals surface area contributed by atoms with Gasteiger partial charge in [0.05, 0.1) is 4.34 Å². The van der Waals surface area contributed by atoms with Crippen LogP contribution in [0.5, 0.6) is 0 Å². The standard InChI is InChI=1S/C16H20ClNS/c1-3-7-15(13-8-5-4-6-9-13)18-12(2)14-10-16(17)19-11-14/h4-6,8-12,15,18H,3,7H2,1-2H3. The number of hydrogen-bond donors (Lipinski definition) is 1. The highest BCUT2D eigenvalue weighted by molar-refractivity contribution is 7.14. The summed E-state index contributed by atoms with van der Waals surface area (Å²) in [4.78, 5) is 0. The molecule has 1 aromatic carbocycles. The number of thiophene rings is 1. The van der Waals surface area contributed by atoms with E-state index in [1.165, 1.54) is 17.5 Å². The van der Waals surface area contributed by atoms with Crippen LogP contribution < -0.4 is 5.32 Å². The molecule has 0 bridgehead atoms. The van der Waals surface area contributed by atoms with Crippen LogP contribution in [0.1, 0.15) is 49.9 Å². The Balaban J connectivity index is 2.08. The summed E-state index contributed by atoms with van der Waals surface area (Å²) >= 11 is 7.60. The van der Waals surface area contributed by atoms with Gasteiger partial charge >= 0.3 is 0 Å². The van der Waals surface area contributed by atoms with Crippen LogP contribution in [0.2, 0.25) is 4.34 Å². The van der Waals surface area contributed by atoms with E-state index in [1.807, 2.05) is 0 Å². The molecule has 2 aromatic rings. The van der Waals surface area contributed by atoms with E-state index in [-0.39, 0.29) is 0 Å². The zero-order chi connectivity index (χ0) is 13.7. The predicted molar refractivity (Wildman–Crippen MR) is 85.0 cm³/mol. The van der Waals surface area contributed by atoms with Crippen LogP contribution in [0.4, 0.5) is 0 Å². The van der Waals surface area contributed by atoms with Crippen molar-refractivity contribution in [2.45, 2.75) is 38.8 Å². The lowest BCUT2D eigenvalue weighted by Crippen LogP contribution is -2.24. The smallest absolute Gasteiger partial charge is 0.0931 e. The maximum Gasteiger partial charge on any atom is 0.0931 e. The van der Waals surface area contributed by atoms with Gasteiger partial charge < -0.3 is 5.32 Å². The van der Waals surface area contributed by atoms with Crippen LogP contribution in [0.25, 0.3) is 0 Å². The van der Waals surface area contributed by atoms with Crippen molar-refractivity contribution in [2.24, 2.45) is 0 Å². The van der Waals surface area contributed by atoms with E-state index in [4.69, 9.17) is 11.6 Å². The maximum absolute atomic E-state index is 6.01. The minimum Gasteiger partial charge on any atom is -0.303 e. The van der Waals surface area contributed by atoms with Crippen LogP contribution in [0.15, 0.2) is 41.8 Å². The minimum absolute atomic E-state index is 0.320. The fourth-order valence-corrected chi connectivity index (χ4v) is 3.25. The highest BCUT2D eigenvalue weighted by Gasteiger charge is 2.15. The van der Waals surface area contributed by atoms with E-state index in [2.05, 4.69) is 60.9 Å². The van der Waals surface area contributed by atoms with Crippen LogP contribution >= 0.6 is 22.9 Å². The van der Waals surface area contributed by atoms with E-state index >= 15 is 0 Å². The largest absolute Gasteiger partial charge is 0.303 e. The SMILES string of the molecule is CCCC(NC(C)c1csc(Cl)c1)c1ccccc1. The van der Waals surface area contributed by atoms with Crippen molar-refractivity contribution < 1.29 is 0 Å². The monoisotopic (exact) mass is 293 g/mol. The number of hydrogen-bond acceptors (Lipinski definition) is 2. The molecule has 1 N–H and O–H groups in total. The van der Waals surface area contributed by atoms with Crippen molar-refractivity contribution in [1.29, 1.82) is 0 Å². The number of halogens is 1. The van der Waals surface area contributed by atoms with Crippen LogP contribution in [0, 0.1) is 0 Å². The molecule has 0 radical (unpaired) electrons. The zero-order valence-electron chi connectivity index (χ0n) is 11.4. The maximum atomic E-state index is 6.01. The number of benzene rings is 1. The first kappa shape index (κ1) is 14.6. The second-order valence-corrected chi connectivity index (χ2v) is 6.37. The van der Waals surface area contributed by atoms with Gasteiger partial charge in [-0.15, -0.1) is 11.3 Å². The Bertz CT molecular complexity index is 494. The average molecular weight is 294 g/mol. The lowest BCUT2D eigenvalue weighted by Gasteiger charge is -2.23. The lowest BCUT2D eigenvalue weighted by atomic mass is 10.0. The van der Waals surface area contributed by atoms with E-state index in [0.29, 0.717) is 12.1 Å². The molecular weight excluding hydrogens is 274 g/mol.